The van der Waals surface area contributed by atoms with Crippen LogP contribution in [0.3, 0.4) is 0 Å². The lowest BCUT2D eigenvalue weighted by Crippen LogP contribution is -2.04. The molecule has 0 aliphatic heterocycles. The van der Waals surface area contributed by atoms with E-state index in [2.05, 4.69) is 37.4 Å². The van der Waals surface area contributed by atoms with Crippen molar-refractivity contribution in [3.8, 4) is 6.07 Å². The first-order chi connectivity index (χ1) is 8.19. The van der Waals surface area contributed by atoms with Crippen molar-refractivity contribution in [2.24, 2.45) is 0 Å². The number of nitriles is 1. The molecule has 0 spiro atoms. The molecule has 0 aliphatic rings. The number of rotatable bonds is 3. The molecule has 0 bridgehead atoms. The van der Waals surface area contributed by atoms with Crippen LogP contribution in [0.2, 0.25) is 0 Å². The third-order valence-corrected chi connectivity index (χ3v) is 3.75. The molecule has 1 unspecified atom stereocenters. The van der Waals surface area contributed by atoms with E-state index in [1.807, 2.05) is 24.3 Å². The Morgan fingerprint density at radius 1 is 1.29 bits per heavy atom. The van der Waals surface area contributed by atoms with E-state index in [0.29, 0.717) is 5.56 Å². The van der Waals surface area contributed by atoms with Crippen molar-refractivity contribution in [2.45, 2.75) is 19.9 Å². The number of aryl methyl sites for hydroxylation is 1. The second-order valence-electron chi connectivity index (χ2n) is 4.01. The van der Waals surface area contributed by atoms with Crippen LogP contribution in [0.4, 0.5) is 5.69 Å². The van der Waals surface area contributed by atoms with E-state index in [1.165, 1.54) is 9.75 Å². The summed E-state index contributed by atoms with van der Waals surface area (Å²) in [5, 5.41) is 12.2. The lowest BCUT2D eigenvalue weighted by Gasteiger charge is -2.13. The molecule has 2 aromatic rings. The second kappa shape index (κ2) is 5.03. The van der Waals surface area contributed by atoms with Gasteiger partial charge in [0.2, 0.25) is 0 Å². The van der Waals surface area contributed by atoms with E-state index in [4.69, 9.17) is 5.26 Å². The van der Waals surface area contributed by atoms with Crippen LogP contribution in [0.5, 0.6) is 0 Å². The summed E-state index contributed by atoms with van der Waals surface area (Å²) >= 11 is 1.80. The maximum absolute atomic E-state index is 8.84. The quantitative estimate of drug-likeness (QED) is 0.879. The summed E-state index contributed by atoms with van der Waals surface area (Å²) in [5.74, 6) is 0. The normalized spacial score (nSPS) is 11.8. The summed E-state index contributed by atoms with van der Waals surface area (Å²) in [6, 6.07) is 14.2. The summed E-state index contributed by atoms with van der Waals surface area (Å²) in [6.45, 7) is 4.24. The lowest BCUT2D eigenvalue weighted by molar-refractivity contribution is 0.908. The van der Waals surface area contributed by atoms with E-state index >= 15 is 0 Å². The van der Waals surface area contributed by atoms with E-state index in [0.717, 1.165) is 5.69 Å². The molecule has 1 atom stereocenters. The maximum atomic E-state index is 8.84. The zero-order valence-corrected chi connectivity index (χ0v) is 10.7. The Hall–Kier alpha value is -1.79. The number of nitrogens with one attached hydrogen (secondary N) is 1. The molecule has 86 valence electrons. The van der Waals surface area contributed by atoms with Crippen molar-refractivity contribution in [1.82, 2.24) is 0 Å². The molecule has 2 nitrogen and oxygen atoms in total. The predicted molar refractivity (Wildman–Crippen MR) is 72.3 cm³/mol. The highest BCUT2D eigenvalue weighted by atomic mass is 32.1. The molecule has 3 heteroatoms. The average molecular weight is 242 g/mol. The van der Waals surface area contributed by atoms with E-state index in [1.54, 1.807) is 11.3 Å². The topological polar surface area (TPSA) is 35.8 Å². The van der Waals surface area contributed by atoms with Crippen LogP contribution in [0, 0.1) is 18.3 Å². The number of thiophene rings is 1. The molecule has 0 saturated carbocycles. The van der Waals surface area contributed by atoms with Crippen LogP contribution in [0.15, 0.2) is 36.4 Å². The van der Waals surface area contributed by atoms with Gasteiger partial charge in [-0.05, 0) is 44.2 Å². The average Bonchev–Trinajstić information content (AvgIpc) is 2.76. The fourth-order valence-corrected chi connectivity index (χ4v) is 2.57. The van der Waals surface area contributed by atoms with Crippen LogP contribution >= 0.6 is 11.3 Å². The maximum Gasteiger partial charge on any atom is 0.0992 e. The van der Waals surface area contributed by atoms with Gasteiger partial charge in [0, 0.05) is 15.4 Å². The fourth-order valence-electron chi connectivity index (χ4n) is 1.69. The molecule has 0 amide bonds. The molecular weight excluding hydrogens is 228 g/mol. The van der Waals surface area contributed by atoms with Gasteiger partial charge in [0.05, 0.1) is 17.7 Å². The molecule has 1 heterocycles. The third-order valence-electron chi connectivity index (χ3n) is 2.56. The summed E-state index contributed by atoms with van der Waals surface area (Å²) in [5.41, 5.74) is 1.67. The molecule has 0 aliphatic carbocycles. The summed E-state index contributed by atoms with van der Waals surface area (Å²) < 4.78 is 0. The van der Waals surface area contributed by atoms with Crippen molar-refractivity contribution in [1.29, 1.82) is 5.26 Å². The Balaban J connectivity index is 2.13. The van der Waals surface area contributed by atoms with Crippen molar-refractivity contribution in [3.05, 3.63) is 51.7 Å². The number of hydrogen-bond donors (Lipinski definition) is 1. The standard InChI is InChI=1S/C14H14N2S/c1-10-6-7-14(17-10)11(2)16-13-5-3-4-12(8-13)9-15/h3-8,11,16H,1-2H3. The Morgan fingerprint density at radius 2 is 2.12 bits per heavy atom. The van der Waals surface area contributed by atoms with E-state index in [9.17, 15) is 0 Å². The van der Waals surface area contributed by atoms with Gasteiger partial charge in [-0.1, -0.05) is 6.07 Å². The van der Waals surface area contributed by atoms with Crippen LogP contribution in [-0.2, 0) is 0 Å². The number of nitrogens with zero attached hydrogens (tertiary/aromatic N) is 1. The molecule has 0 saturated heterocycles. The van der Waals surface area contributed by atoms with Crippen LogP contribution in [-0.4, -0.2) is 0 Å². The summed E-state index contributed by atoms with van der Waals surface area (Å²) in [7, 11) is 0. The van der Waals surface area contributed by atoms with Crippen LogP contribution < -0.4 is 5.32 Å². The molecule has 1 N–H and O–H groups in total. The van der Waals surface area contributed by atoms with Crippen molar-refractivity contribution in [2.75, 3.05) is 5.32 Å². The second-order valence-corrected chi connectivity index (χ2v) is 5.33. The van der Waals surface area contributed by atoms with Gasteiger partial charge in [0.25, 0.3) is 0 Å². The van der Waals surface area contributed by atoms with Crippen LogP contribution in [0.25, 0.3) is 0 Å². The van der Waals surface area contributed by atoms with Gasteiger partial charge in [0.1, 0.15) is 0 Å². The third kappa shape index (κ3) is 2.86. The summed E-state index contributed by atoms with van der Waals surface area (Å²) in [4.78, 5) is 2.63. The largest absolute Gasteiger partial charge is 0.378 e. The van der Waals surface area contributed by atoms with E-state index in [-0.39, 0.29) is 6.04 Å². The fraction of sp³-hybridized carbons (Fsp3) is 0.214. The Labute approximate surface area is 106 Å². The Morgan fingerprint density at radius 3 is 2.76 bits per heavy atom. The van der Waals surface area contributed by atoms with Gasteiger partial charge < -0.3 is 5.32 Å². The molecule has 0 radical (unpaired) electrons. The smallest absolute Gasteiger partial charge is 0.0992 e. The van der Waals surface area contributed by atoms with Crippen molar-refractivity contribution < 1.29 is 0 Å². The number of hydrogen-bond acceptors (Lipinski definition) is 3. The number of benzene rings is 1. The molecule has 17 heavy (non-hydrogen) atoms. The van der Waals surface area contributed by atoms with Crippen LogP contribution in [0.1, 0.15) is 28.3 Å². The van der Waals surface area contributed by atoms with Gasteiger partial charge >= 0.3 is 0 Å². The minimum atomic E-state index is 0.266. The Kier molecular flexibility index (Phi) is 3.46. The minimum absolute atomic E-state index is 0.266. The Bertz CT molecular complexity index is 551. The first-order valence-corrected chi connectivity index (χ1v) is 6.34. The highest BCUT2D eigenvalue weighted by molar-refractivity contribution is 7.12. The van der Waals surface area contributed by atoms with Gasteiger partial charge in [-0.2, -0.15) is 5.26 Å². The van der Waals surface area contributed by atoms with Gasteiger partial charge in [-0.25, -0.2) is 0 Å². The highest BCUT2D eigenvalue weighted by Gasteiger charge is 2.07. The van der Waals surface area contributed by atoms with Gasteiger partial charge in [-0.3, -0.25) is 0 Å². The number of anilines is 1. The monoisotopic (exact) mass is 242 g/mol. The molecule has 2 rings (SSSR count). The lowest BCUT2D eigenvalue weighted by atomic mass is 10.2. The van der Waals surface area contributed by atoms with Gasteiger partial charge in [-0.15, -0.1) is 11.3 Å². The van der Waals surface area contributed by atoms with Crippen molar-refractivity contribution in [3.63, 3.8) is 0 Å². The first kappa shape index (κ1) is 11.7. The first-order valence-electron chi connectivity index (χ1n) is 5.52. The molecular formula is C14H14N2S. The summed E-state index contributed by atoms with van der Waals surface area (Å²) in [6.07, 6.45) is 0. The van der Waals surface area contributed by atoms with E-state index < -0.39 is 0 Å². The predicted octanol–water partition coefficient (Wildman–Crippen LogP) is 4.10. The molecule has 0 fully saturated rings. The molecule has 1 aromatic heterocycles. The highest BCUT2D eigenvalue weighted by Crippen LogP contribution is 2.25. The van der Waals surface area contributed by atoms with Gasteiger partial charge in [0.15, 0.2) is 0 Å². The minimum Gasteiger partial charge on any atom is -0.378 e. The zero-order chi connectivity index (χ0) is 12.3. The molecule has 1 aromatic carbocycles. The SMILES string of the molecule is Cc1ccc(C(C)Nc2cccc(C#N)c2)s1. The van der Waals surface area contributed by atoms with Crippen molar-refractivity contribution >= 4 is 17.0 Å². The zero-order valence-electron chi connectivity index (χ0n) is 9.90.